The summed E-state index contributed by atoms with van der Waals surface area (Å²) >= 11 is 13.1. The molecule has 0 bridgehead atoms. The van der Waals surface area contributed by atoms with Crippen LogP contribution >= 0.6 is 34.5 Å². The highest BCUT2D eigenvalue weighted by Crippen LogP contribution is 2.36. The van der Waals surface area contributed by atoms with Gasteiger partial charge in [-0.2, -0.15) is 4.98 Å². The minimum Gasteiger partial charge on any atom is -0.477 e. The normalized spacial score (nSPS) is 17.4. The largest absolute Gasteiger partial charge is 0.477 e. The van der Waals surface area contributed by atoms with Crippen LogP contribution in [0.3, 0.4) is 0 Å². The van der Waals surface area contributed by atoms with Crippen molar-refractivity contribution in [1.29, 1.82) is 0 Å². The van der Waals surface area contributed by atoms with Gasteiger partial charge in [0.2, 0.25) is 5.95 Å². The minimum atomic E-state index is -1.43. The lowest BCUT2D eigenvalue weighted by Crippen LogP contribution is -2.52. The van der Waals surface area contributed by atoms with Gasteiger partial charge in [-0.15, -0.1) is 0 Å². The van der Waals surface area contributed by atoms with E-state index in [0.717, 1.165) is 11.3 Å². The first-order valence-electron chi connectivity index (χ1n) is 11.6. The van der Waals surface area contributed by atoms with E-state index < -0.39 is 24.1 Å². The second-order valence-corrected chi connectivity index (χ2v) is 11.0. The molecule has 1 saturated heterocycles. The van der Waals surface area contributed by atoms with Gasteiger partial charge in [0.15, 0.2) is 5.13 Å². The quantitative estimate of drug-likeness (QED) is 0.380. The van der Waals surface area contributed by atoms with E-state index in [1.807, 2.05) is 14.1 Å². The van der Waals surface area contributed by atoms with E-state index in [2.05, 4.69) is 25.3 Å². The summed E-state index contributed by atoms with van der Waals surface area (Å²) in [6.45, 7) is 1.95. The number of hydrogen-bond donors (Lipinski definition) is 3. The van der Waals surface area contributed by atoms with Gasteiger partial charge < -0.3 is 30.1 Å². The highest BCUT2D eigenvalue weighted by Gasteiger charge is 2.34. The molecule has 0 spiro atoms. The molecule has 1 aliphatic heterocycles. The number of aryl methyl sites for hydroxylation is 1. The fraction of sp³-hybridized carbons (Fsp3) is 0.435. The number of hydrogen-bond acceptors (Lipinski definition) is 9. The number of piperidine rings is 1. The van der Waals surface area contributed by atoms with E-state index in [1.54, 1.807) is 41.8 Å². The molecule has 38 heavy (non-hydrogen) atoms. The first-order chi connectivity index (χ1) is 17.9. The van der Waals surface area contributed by atoms with E-state index in [4.69, 9.17) is 23.2 Å². The van der Waals surface area contributed by atoms with Gasteiger partial charge in [-0.25, -0.2) is 19.2 Å². The number of nitrogens with one attached hydrogen (secondary N) is 2. The number of H-pyrrole nitrogens is 1. The molecule has 0 radical (unpaired) electrons. The first-order valence-corrected chi connectivity index (χ1v) is 13.2. The number of rotatable bonds is 7. The molecule has 1 fully saturated rings. The van der Waals surface area contributed by atoms with Crippen LogP contribution in [-0.2, 0) is 0 Å². The van der Waals surface area contributed by atoms with Crippen LogP contribution in [0.15, 0.2) is 6.07 Å². The van der Waals surface area contributed by atoms with Crippen molar-refractivity contribution in [3.8, 4) is 11.4 Å². The number of thiazole rings is 1. The molecule has 0 saturated carbocycles. The van der Waals surface area contributed by atoms with Gasteiger partial charge in [0.1, 0.15) is 28.3 Å². The Morgan fingerprint density at radius 2 is 1.89 bits per heavy atom. The topological polar surface area (TPSA) is 131 Å². The summed E-state index contributed by atoms with van der Waals surface area (Å²) in [4.78, 5) is 46.3. The molecule has 0 aromatic carbocycles. The van der Waals surface area contributed by atoms with Crippen molar-refractivity contribution in [3.63, 3.8) is 0 Å². The Balaban J connectivity index is 1.56. The summed E-state index contributed by atoms with van der Waals surface area (Å²) in [5, 5.41) is 13.3. The number of carboxylic acid groups (broad SMARTS) is 1. The Bertz CT molecular complexity index is 1350. The van der Waals surface area contributed by atoms with Gasteiger partial charge in [-0.1, -0.05) is 34.5 Å². The Morgan fingerprint density at radius 3 is 2.45 bits per heavy atom. The van der Waals surface area contributed by atoms with Gasteiger partial charge in [-0.3, -0.25) is 4.79 Å². The number of anilines is 3. The van der Waals surface area contributed by atoms with Gasteiger partial charge in [0.25, 0.3) is 5.91 Å². The third kappa shape index (κ3) is 5.49. The summed E-state index contributed by atoms with van der Waals surface area (Å²) in [5.74, 6) is -0.719. The number of carbonyl (C=O) groups is 2. The molecule has 2 atom stereocenters. The van der Waals surface area contributed by atoms with Crippen LogP contribution in [0, 0.1) is 6.92 Å². The summed E-state index contributed by atoms with van der Waals surface area (Å²) < 4.78 is 15.2. The number of halogens is 3. The Labute approximate surface area is 232 Å². The maximum atomic E-state index is 15.2. The lowest BCUT2D eigenvalue weighted by Gasteiger charge is -2.34. The maximum Gasteiger partial charge on any atom is 0.348 e. The number of aromatic amines is 1. The standard InChI is InChI=1S/C23H27Cl2FN8O3S/c1-10-15(24)16(25)18(27-10)20(35)28-12-6-7-34(9-11(12)26)23-31-17(19(38-23)21(36)37)13-8-14(32(2)3)30-22(29-13)33(4)5/h8,11-12,27H,6-7,9H2,1-5H3,(H,28,35)(H,36,37)/t11-,12+/m0/s1. The molecular weight excluding hydrogens is 558 g/mol. The second-order valence-electron chi connectivity index (χ2n) is 9.26. The third-order valence-corrected chi connectivity index (χ3v) is 8.07. The zero-order valence-electron chi connectivity index (χ0n) is 21.3. The number of carboxylic acids is 1. The maximum absolute atomic E-state index is 15.2. The first kappa shape index (κ1) is 27.9. The number of carbonyl (C=O) groups excluding carboxylic acids is 1. The SMILES string of the molecule is Cc1[nH]c(C(=O)N[C@@H]2CCN(c3nc(-c4cc(N(C)C)nc(N(C)C)n4)c(C(=O)O)s3)C[C@@H]2F)c(Cl)c1Cl. The van der Waals surface area contributed by atoms with E-state index >= 15 is 4.39 Å². The van der Waals surface area contributed by atoms with Crippen molar-refractivity contribution in [2.75, 3.05) is 56.0 Å². The van der Waals surface area contributed by atoms with Crippen LogP contribution in [0.25, 0.3) is 11.4 Å². The summed E-state index contributed by atoms with van der Waals surface area (Å²) in [7, 11) is 7.21. The lowest BCUT2D eigenvalue weighted by molar-refractivity contribution is 0.0702. The highest BCUT2D eigenvalue weighted by molar-refractivity contribution is 7.17. The fourth-order valence-electron chi connectivity index (χ4n) is 3.94. The smallest absolute Gasteiger partial charge is 0.348 e. The van der Waals surface area contributed by atoms with Crippen molar-refractivity contribution in [2.45, 2.75) is 25.6 Å². The second kappa shape index (κ2) is 10.9. The Kier molecular flexibility index (Phi) is 8.00. The van der Waals surface area contributed by atoms with Crippen LogP contribution in [0.5, 0.6) is 0 Å². The number of aromatic nitrogens is 4. The van der Waals surface area contributed by atoms with Gasteiger partial charge in [0.05, 0.1) is 28.3 Å². The summed E-state index contributed by atoms with van der Waals surface area (Å²) in [6.07, 6.45) is -1.16. The Hall–Kier alpha value is -3.16. The molecular formula is C23H27Cl2FN8O3S. The van der Waals surface area contributed by atoms with Crippen molar-refractivity contribution in [2.24, 2.45) is 0 Å². The molecule has 0 aliphatic carbocycles. The van der Waals surface area contributed by atoms with E-state index in [0.29, 0.717) is 34.8 Å². The molecule has 204 valence electrons. The number of alkyl halides is 1. The van der Waals surface area contributed by atoms with Crippen molar-refractivity contribution in [3.05, 3.63) is 32.4 Å². The highest BCUT2D eigenvalue weighted by atomic mass is 35.5. The zero-order valence-corrected chi connectivity index (χ0v) is 23.7. The van der Waals surface area contributed by atoms with Crippen LogP contribution in [-0.4, -0.2) is 90.4 Å². The average Bonchev–Trinajstić information content (AvgIpc) is 3.43. The number of aromatic carboxylic acids is 1. The van der Waals surface area contributed by atoms with Crippen LogP contribution < -0.4 is 20.0 Å². The summed E-state index contributed by atoms with van der Waals surface area (Å²) in [6, 6.07) is 0.903. The number of nitrogens with zero attached hydrogens (tertiary/aromatic N) is 6. The molecule has 3 aromatic heterocycles. The third-order valence-electron chi connectivity index (χ3n) is 6.02. The minimum absolute atomic E-state index is 0.00687. The summed E-state index contributed by atoms with van der Waals surface area (Å²) in [5.41, 5.74) is 1.16. The Morgan fingerprint density at radius 1 is 1.18 bits per heavy atom. The fourth-order valence-corrected chi connectivity index (χ4v) is 5.31. The monoisotopic (exact) mass is 584 g/mol. The lowest BCUT2D eigenvalue weighted by atomic mass is 10.0. The van der Waals surface area contributed by atoms with Crippen molar-refractivity contribution < 1.29 is 19.1 Å². The van der Waals surface area contributed by atoms with Crippen molar-refractivity contribution >= 4 is 63.3 Å². The molecule has 1 amide bonds. The van der Waals surface area contributed by atoms with Crippen LogP contribution in [0.1, 0.15) is 32.3 Å². The van der Waals surface area contributed by atoms with E-state index in [1.165, 1.54) is 0 Å². The van der Waals surface area contributed by atoms with Crippen LogP contribution in [0.4, 0.5) is 21.3 Å². The van der Waals surface area contributed by atoms with Crippen LogP contribution in [0.2, 0.25) is 10.0 Å². The van der Waals surface area contributed by atoms with Gasteiger partial charge in [-0.05, 0) is 13.3 Å². The molecule has 3 aromatic rings. The molecule has 0 unspecified atom stereocenters. The van der Waals surface area contributed by atoms with Crippen molar-refractivity contribution in [1.82, 2.24) is 25.3 Å². The predicted molar refractivity (Wildman–Crippen MR) is 147 cm³/mol. The molecule has 1 aliphatic rings. The van der Waals surface area contributed by atoms with E-state index in [9.17, 15) is 14.7 Å². The molecule has 15 heteroatoms. The average molecular weight is 585 g/mol. The molecule has 4 rings (SSSR count). The predicted octanol–water partition coefficient (Wildman–Crippen LogP) is 3.72. The molecule has 11 nitrogen and oxygen atoms in total. The zero-order chi connectivity index (χ0) is 27.9. The number of amides is 1. The van der Waals surface area contributed by atoms with E-state index in [-0.39, 0.29) is 39.3 Å². The van der Waals surface area contributed by atoms with Gasteiger partial charge >= 0.3 is 5.97 Å². The molecule has 4 heterocycles. The van der Waals surface area contributed by atoms with Gasteiger partial charge in [0, 0.05) is 46.5 Å². The molecule has 3 N–H and O–H groups in total.